The van der Waals surface area contributed by atoms with Crippen LogP contribution in [0.1, 0.15) is 0 Å². The molecule has 0 saturated heterocycles. The summed E-state index contributed by atoms with van der Waals surface area (Å²) >= 11 is 4.86. The highest BCUT2D eigenvalue weighted by Crippen LogP contribution is 1.95. The van der Waals surface area contributed by atoms with Crippen LogP contribution in [-0.2, 0) is 9.59 Å². The zero-order chi connectivity index (χ0) is 11.3. The molecule has 0 aromatic rings. The predicted molar refractivity (Wildman–Crippen MR) is 53.1 cm³/mol. The molecular formula is C7H12N2O4S. The summed E-state index contributed by atoms with van der Waals surface area (Å²) in [5.41, 5.74) is 0. The Morgan fingerprint density at radius 3 is 1.71 bits per heavy atom. The second-order valence-electron chi connectivity index (χ2n) is 2.82. The Morgan fingerprint density at radius 1 is 1.14 bits per heavy atom. The molecule has 80 valence electrons. The van der Waals surface area contributed by atoms with Crippen LogP contribution in [0.5, 0.6) is 0 Å². The summed E-state index contributed by atoms with van der Waals surface area (Å²) in [5, 5.41) is 17.2. The molecule has 0 aliphatic carbocycles. The first-order valence-corrected chi connectivity index (χ1v) is 4.15. The fraction of sp³-hybridized carbons (Fsp3) is 0.571. The van der Waals surface area contributed by atoms with Crippen LogP contribution in [0.2, 0.25) is 0 Å². The number of carbonyl (C=O) groups is 2. The van der Waals surface area contributed by atoms with E-state index in [1.54, 1.807) is 14.1 Å². The van der Waals surface area contributed by atoms with E-state index in [9.17, 15) is 9.59 Å². The molecule has 0 rings (SSSR count). The van der Waals surface area contributed by atoms with Gasteiger partial charge in [-0.25, -0.2) is 0 Å². The molecule has 0 bridgehead atoms. The van der Waals surface area contributed by atoms with Gasteiger partial charge < -0.3 is 20.0 Å². The minimum absolute atomic E-state index is 0.190. The molecule has 0 aliphatic rings. The highest BCUT2D eigenvalue weighted by molar-refractivity contribution is 7.80. The average molecular weight is 220 g/mol. The first kappa shape index (κ1) is 12.6. The lowest BCUT2D eigenvalue weighted by atomic mass is 10.5. The highest BCUT2D eigenvalue weighted by Gasteiger charge is 2.17. The van der Waals surface area contributed by atoms with Gasteiger partial charge in [-0.2, -0.15) is 0 Å². The van der Waals surface area contributed by atoms with Crippen molar-refractivity contribution in [1.29, 1.82) is 0 Å². The predicted octanol–water partition coefficient (Wildman–Crippen LogP) is -0.696. The molecule has 0 spiro atoms. The zero-order valence-corrected chi connectivity index (χ0v) is 8.74. The molecule has 0 amide bonds. The number of aliphatic carboxylic acids is 2. The van der Waals surface area contributed by atoms with Crippen molar-refractivity contribution in [1.82, 2.24) is 9.80 Å². The second-order valence-corrected chi connectivity index (χ2v) is 3.19. The molecule has 0 radical (unpaired) electrons. The Hall–Kier alpha value is -1.37. The molecule has 14 heavy (non-hydrogen) atoms. The second kappa shape index (κ2) is 5.38. The Bertz CT molecular complexity index is 238. The van der Waals surface area contributed by atoms with E-state index in [1.807, 2.05) is 0 Å². The summed E-state index contributed by atoms with van der Waals surface area (Å²) in [7, 11) is 3.25. The summed E-state index contributed by atoms with van der Waals surface area (Å²) in [4.78, 5) is 23.4. The van der Waals surface area contributed by atoms with Crippen LogP contribution in [0.4, 0.5) is 0 Å². The Balaban J connectivity index is 4.46. The van der Waals surface area contributed by atoms with Crippen molar-refractivity contribution in [2.75, 3.05) is 27.2 Å². The van der Waals surface area contributed by atoms with Crippen LogP contribution in [0.3, 0.4) is 0 Å². The largest absolute Gasteiger partial charge is 0.480 e. The Labute approximate surface area is 86.7 Å². The number of carboxylic acid groups (broad SMARTS) is 2. The Kier molecular flexibility index (Phi) is 4.85. The highest BCUT2D eigenvalue weighted by atomic mass is 32.1. The molecule has 7 heteroatoms. The zero-order valence-electron chi connectivity index (χ0n) is 7.93. The minimum atomic E-state index is -1.12. The van der Waals surface area contributed by atoms with Crippen molar-refractivity contribution in [3.8, 4) is 0 Å². The molecule has 0 atom stereocenters. The van der Waals surface area contributed by atoms with Gasteiger partial charge in [-0.15, -0.1) is 0 Å². The first-order valence-electron chi connectivity index (χ1n) is 3.74. The van der Waals surface area contributed by atoms with Gasteiger partial charge in [0.15, 0.2) is 5.11 Å². The maximum atomic E-state index is 10.4. The summed E-state index contributed by atoms with van der Waals surface area (Å²) in [6.45, 7) is -0.827. The molecule has 0 heterocycles. The van der Waals surface area contributed by atoms with Crippen molar-refractivity contribution in [3.05, 3.63) is 0 Å². The topological polar surface area (TPSA) is 81.1 Å². The lowest BCUT2D eigenvalue weighted by Crippen LogP contribution is -2.44. The minimum Gasteiger partial charge on any atom is -0.480 e. The number of rotatable bonds is 4. The number of hydrogen-bond acceptors (Lipinski definition) is 3. The van der Waals surface area contributed by atoms with Crippen molar-refractivity contribution < 1.29 is 19.8 Å². The first-order chi connectivity index (χ1) is 6.34. The monoisotopic (exact) mass is 220 g/mol. The van der Waals surface area contributed by atoms with E-state index in [1.165, 1.54) is 4.90 Å². The van der Waals surface area contributed by atoms with E-state index in [2.05, 4.69) is 0 Å². The molecular weight excluding hydrogens is 208 g/mol. The fourth-order valence-electron chi connectivity index (χ4n) is 0.801. The number of carboxylic acids is 2. The van der Waals surface area contributed by atoms with Crippen molar-refractivity contribution >= 4 is 29.3 Å². The van der Waals surface area contributed by atoms with E-state index < -0.39 is 25.0 Å². The van der Waals surface area contributed by atoms with Gasteiger partial charge in [-0.05, 0) is 12.2 Å². The van der Waals surface area contributed by atoms with Crippen molar-refractivity contribution in [2.45, 2.75) is 0 Å². The normalized spacial score (nSPS) is 9.29. The molecule has 6 nitrogen and oxygen atoms in total. The number of hydrogen-bond donors (Lipinski definition) is 2. The third kappa shape index (κ3) is 4.61. The van der Waals surface area contributed by atoms with Gasteiger partial charge in [0.05, 0.1) is 0 Å². The summed E-state index contributed by atoms with van der Waals surface area (Å²) in [6, 6.07) is 0. The van der Waals surface area contributed by atoms with Crippen molar-refractivity contribution in [2.24, 2.45) is 0 Å². The lowest BCUT2D eigenvalue weighted by Gasteiger charge is -2.25. The van der Waals surface area contributed by atoms with Gasteiger partial charge in [0, 0.05) is 14.1 Å². The Morgan fingerprint density at radius 2 is 1.50 bits per heavy atom. The van der Waals surface area contributed by atoms with Crippen LogP contribution in [0, 0.1) is 0 Å². The fourth-order valence-corrected chi connectivity index (χ4v) is 0.930. The van der Waals surface area contributed by atoms with Crippen LogP contribution >= 0.6 is 12.2 Å². The van der Waals surface area contributed by atoms with Gasteiger partial charge in [0.25, 0.3) is 0 Å². The van der Waals surface area contributed by atoms with E-state index in [0.29, 0.717) is 0 Å². The van der Waals surface area contributed by atoms with Gasteiger partial charge in [0.1, 0.15) is 13.1 Å². The summed E-state index contributed by atoms with van der Waals surface area (Å²) in [6.07, 6.45) is 0. The average Bonchev–Trinajstić information content (AvgIpc) is 1.99. The van der Waals surface area contributed by atoms with Crippen LogP contribution in [0.15, 0.2) is 0 Å². The quantitative estimate of drug-likeness (QED) is 0.606. The smallest absolute Gasteiger partial charge is 0.323 e. The summed E-state index contributed by atoms with van der Waals surface area (Å²) in [5.74, 6) is -2.23. The molecule has 0 fully saturated rings. The van der Waals surface area contributed by atoms with Crippen LogP contribution in [-0.4, -0.2) is 64.2 Å². The van der Waals surface area contributed by atoms with E-state index in [4.69, 9.17) is 22.4 Å². The molecule has 0 unspecified atom stereocenters. The number of nitrogens with zero attached hydrogens (tertiary/aromatic N) is 2. The van der Waals surface area contributed by atoms with Crippen LogP contribution in [0.25, 0.3) is 0 Å². The molecule has 0 aromatic heterocycles. The third-order valence-corrected chi connectivity index (χ3v) is 1.93. The number of thiocarbonyl (C=S) groups is 1. The third-order valence-electron chi connectivity index (χ3n) is 1.31. The standard InChI is InChI=1S/C7H12N2O4S/c1-8(2)7(14)9(3-5(10)11)4-6(12)13/h3-4H2,1-2H3,(H,10,11)(H,12,13). The molecule has 0 aliphatic heterocycles. The van der Waals surface area contributed by atoms with E-state index in [0.717, 1.165) is 4.90 Å². The van der Waals surface area contributed by atoms with E-state index >= 15 is 0 Å². The summed E-state index contributed by atoms with van der Waals surface area (Å²) < 4.78 is 0. The lowest BCUT2D eigenvalue weighted by molar-refractivity contribution is -0.140. The molecule has 0 aromatic carbocycles. The van der Waals surface area contributed by atoms with E-state index in [-0.39, 0.29) is 5.11 Å². The van der Waals surface area contributed by atoms with Crippen LogP contribution < -0.4 is 0 Å². The molecule has 0 saturated carbocycles. The SMILES string of the molecule is CN(C)C(=S)N(CC(=O)O)CC(=O)O. The maximum Gasteiger partial charge on any atom is 0.323 e. The van der Waals surface area contributed by atoms with Crippen molar-refractivity contribution in [3.63, 3.8) is 0 Å². The molecule has 2 N–H and O–H groups in total. The van der Waals surface area contributed by atoms with Gasteiger partial charge in [-0.3, -0.25) is 9.59 Å². The van der Waals surface area contributed by atoms with Gasteiger partial charge in [-0.1, -0.05) is 0 Å². The maximum absolute atomic E-state index is 10.4. The van der Waals surface area contributed by atoms with Gasteiger partial charge >= 0.3 is 11.9 Å². The van der Waals surface area contributed by atoms with Gasteiger partial charge in [0.2, 0.25) is 0 Å².